The Morgan fingerprint density at radius 1 is 1.15 bits per heavy atom. The van der Waals surface area contributed by atoms with E-state index in [1.807, 2.05) is 0 Å². The quantitative estimate of drug-likeness (QED) is 0.533. The van der Waals surface area contributed by atoms with E-state index < -0.39 is 11.7 Å². The number of halogens is 3. The van der Waals surface area contributed by atoms with Crippen LogP contribution in [0, 0.1) is 0 Å². The molecule has 0 bridgehead atoms. The molecule has 0 aromatic heterocycles. The van der Waals surface area contributed by atoms with Crippen LogP contribution < -0.4 is 9.64 Å². The van der Waals surface area contributed by atoms with E-state index >= 15 is 0 Å². The molecule has 1 heterocycles. The summed E-state index contributed by atoms with van der Waals surface area (Å²) in [5, 5.41) is 0. The third-order valence-corrected chi connectivity index (χ3v) is 4.94. The fourth-order valence-electron chi connectivity index (χ4n) is 2.38. The molecule has 2 aromatic carbocycles. The topological polar surface area (TPSA) is 29.5 Å². The van der Waals surface area contributed by atoms with Gasteiger partial charge >= 0.3 is 6.18 Å². The van der Waals surface area contributed by atoms with Gasteiger partial charge in [0.2, 0.25) is 0 Å². The zero-order valence-electron chi connectivity index (χ0n) is 13.4. The van der Waals surface area contributed by atoms with Crippen LogP contribution in [0.1, 0.15) is 11.1 Å². The van der Waals surface area contributed by atoms with Crippen molar-refractivity contribution < 1.29 is 22.7 Å². The maximum atomic E-state index is 12.8. The molecular formula is C18H12F3NO2S2. The second kappa shape index (κ2) is 7.13. The van der Waals surface area contributed by atoms with E-state index in [0.717, 1.165) is 23.9 Å². The smallest absolute Gasteiger partial charge is 0.416 e. The van der Waals surface area contributed by atoms with Crippen molar-refractivity contribution in [1.82, 2.24) is 0 Å². The van der Waals surface area contributed by atoms with Crippen LogP contribution in [0.15, 0.2) is 53.4 Å². The summed E-state index contributed by atoms with van der Waals surface area (Å²) >= 11 is 6.31. The van der Waals surface area contributed by atoms with Gasteiger partial charge in [-0.15, -0.1) is 0 Å². The maximum Gasteiger partial charge on any atom is 0.416 e. The number of thiocarbonyl (C=S) groups is 1. The van der Waals surface area contributed by atoms with Gasteiger partial charge in [-0.25, -0.2) is 0 Å². The number of hydrogen-bond acceptors (Lipinski definition) is 4. The first-order valence-electron chi connectivity index (χ1n) is 7.39. The fourth-order valence-corrected chi connectivity index (χ4v) is 3.68. The molecule has 2 aromatic rings. The van der Waals surface area contributed by atoms with Crippen molar-refractivity contribution in [2.45, 2.75) is 6.18 Å². The Hall–Kier alpha value is -2.32. The van der Waals surface area contributed by atoms with Gasteiger partial charge in [0.05, 0.1) is 23.3 Å². The van der Waals surface area contributed by atoms with Crippen LogP contribution in [-0.2, 0) is 11.0 Å². The number of nitrogens with zero attached hydrogens (tertiary/aromatic N) is 1. The Bertz CT molecular complexity index is 892. The average Bonchev–Trinajstić information content (AvgIpc) is 2.88. The van der Waals surface area contributed by atoms with E-state index in [1.54, 1.807) is 24.3 Å². The Labute approximate surface area is 157 Å². The molecule has 1 fully saturated rings. The second-order valence-electron chi connectivity index (χ2n) is 5.34. The Balaban J connectivity index is 1.90. The second-order valence-corrected chi connectivity index (χ2v) is 7.01. The van der Waals surface area contributed by atoms with Crippen molar-refractivity contribution in [3.8, 4) is 5.75 Å². The van der Waals surface area contributed by atoms with Gasteiger partial charge in [0, 0.05) is 0 Å². The number of alkyl halides is 3. The van der Waals surface area contributed by atoms with Gasteiger partial charge in [-0.2, -0.15) is 13.2 Å². The van der Waals surface area contributed by atoms with Gasteiger partial charge < -0.3 is 4.74 Å². The zero-order valence-corrected chi connectivity index (χ0v) is 15.0. The van der Waals surface area contributed by atoms with Gasteiger partial charge in [0.25, 0.3) is 5.91 Å². The summed E-state index contributed by atoms with van der Waals surface area (Å²) in [5.41, 5.74) is 0.0904. The van der Waals surface area contributed by atoms with Crippen LogP contribution in [0.4, 0.5) is 18.9 Å². The fraction of sp³-hybridized carbons (Fsp3) is 0.111. The van der Waals surface area contributed by atoms with Crippen molar-refractivity contribution in [3.63, 3.8) is 0 Å². The van der Waals surface area contributed by atoms with E-state index in [-0.39, 0.29) is 16.4 Å². The lowest BCUT2D eigenvalue weighted by atomic mass is 10.1. The molecule has 0 N–H and O–H groups in total. The highest BCUT2D eigenvalue weighted by molar-refractivity contribution is 8.27. The van der Waals surface area contributed by atoms with Crippen molar-refractivity contribution in [2.24, 2.45) is 0 Å². The number of hydrogen-bond donors (Lipinski definition) is 0. The highest BCUT2D eigenvalue weighted by atomic mass is 32.2. The highest BCUT2D eigenvalue weighted by Gasteiger charge is 2.34. The SMILES string of the molecule is COc1ccc(N2C(=O)/C(=C/c3cccc(C(F)(F)F)c3)SC2=S)cc1. The molecule has 0 aliphatic carbocycles. The molecule has 8 heteroatoms. The molecule has 134 valence electrons. The van der Waals surface area contributed by atoms with E-state index in [0.29, 0.717) is 15.8 Å². The summed E-state index contributed by atoms with van der Waals surface area (Å²) < 4.78 is 43.9. The van der Waals surface area contributed by atoms with Crippen molar-refractivity contribution >= 4 is 46.0 Å². The number of amides is 1. The number of carbonyl (C=O) groups is 1. The Morgan fingerprint density at radius 2 is 1.85 bits per heavy atom. The third-order valence-electron chi connectivity index (χ3n) is 3.64. The van der Waals surface area contributed by atoms with Gasteiger partial charge in [-0.3, -0.25) is 9.69 Å². The number of thioether (sulfide) groups is 1. The van der Waals surface area contributed by atoms with E-state index in [1.165, 1.54) is 30.2 Å². The van der Waals surface area contributed by atoms with Crippen molar-refractivity contribution in [3.05, 3.63) is 64.6 Å². The molecule has 0 unspecified atom stereocenters. The van der Waals surface area contributed by atoms with Crippen LogP contribution in [-0.4, -0.2) is 17.3 Å². The first-order chi connectivity index (χ1) is 12.3. The van der Waals surface area contributed by atoms with Gasteiger partial charge in [0.1, 0.15) is 5.75 Å². The molecule has 3 rings (SSSR count). The van der Waals surface area contributed by atoms with E-state index in [9.17, 15) is 18.0 Å². The van der Waals surface area contributed by atoms with Crippen molar-refractivity contribution in [2.75, 3.05) is 12.0 Å². The number of carbonyl (C=O) groups excluding carboxylic acids is 1. The molecule has 0 radical (unpaired) electrons. The number of ether oxygens (including phenoxy) is 1. The summed E-state index contributed by atoms with van der Waals surface area (Å²) in [6.45, 7) is 0. The molecular weight excluding hydrogens is 383 g/mol. The third kappa shape index (κ3) is 3.76. The Morgan fingerprint density at radius 3 is 2.46 bits per heavy atom. The predicted molar refractivity (Wildman–Crippen MR) is 100 cm³/mol. The molecule has 3 nitrogen and oxygen atoms in total. The number of anilines is 1. The Kier molecular flexibility index (Phi) is 5.06. The normalized spacial score (nSPS) is 16.5. The molecule has 0 saturated carbocycles. The number of rotatable bonds is 3. The van der Waals surface area contributed by atoms with E-state index in [4.69, 9.17) is 17.0 Å². The van der Waals surface area contributed by atoms with Crippen LogP contribution in [0.2, 0.25) is 0 Å². The summed E-state index contributed by atoms with van der Waals surface area (Å²) in [6, 6.07) is 11.6. The van der Waals surface area contributed by atoms with Crippen LogP contribution in [0.25, 0.3) is 6.08 Å². The van der Waals surface area contributed by atoms with Gasteiger partial charge in [-0.1, -0.05) is 36.1 Å². The summed E-state index contributed by atoms with van der Waals surface area (Å²) in [4.78, 5) is 14.3. The zero-order chi connectivity index (χ0) is 18.9. The standard InChI is InChI=1S/C18H12F3NO2S2/c1-24-14-7-5-13(6-8-14)22-16(23)15(26-17(22)25)10-11-3-2-4-12(9-11)18(19,20)21/h2-10H,1H3/b15-10-. The minimum Gasteiger partial charge on any atom is -0.497 e. The summed E-state index contributed by atoms with van der Waals surface area (Å²) in [7, 11) is 1.53. The maximum absolute atomic E-state index is 12.8. The van der Waals surface area contributed by atoms with Crippen LogP contribution in [0.5, 0.6) is 5.75 Å². The lowest BCUT2D eigenvalue weighted by Crippen LogP contribution is -2.27. The minimum atomic E-state index is -4.44. The number of benzene rings is 2. The lowest BCUT2D eigenvalue weighted by Gasteiger charge is -2.14. The number of methoxy groups -OCH3 is 1. The summed E-state index contributed by atoms with van der Waals surface area (Å²) in [6.07, 6.45) is -3.02. The average molecular weight is 395 g/mol. The van der Waals surface area contributed by atoms with Crippen molar-refractivity contribution in [1.29, 1.82) is 0 Å². The minimum absolute atomic E-state index is 0.269. The molecule has 1 saturated heterocycles. The van der Waals surface area contributed by atoms with Gasteiger partial charge in [0.15, 0.2) is 4.32 Å². The lowest BCUT2D eigenvalue weighted by molar-refractivity contribution is -0.137. The monoisotopic (exact) mass is 395 g/mol. The largest absolute Gasteiger partial charge is 0.497 e. The van der Waals surface area contributed by atoms with Gasteiger partial charge in [-0.05, 0) is 48.0 Å². The molecule has 1 aliphatic heterocycles. The molecule has 1 amide bonds. The van der Waals surface area contributed by atoms with Crippen LogP contribution >= 0.6 is 24.0 Å². The predicted octanol–water partition coefficient (Wildman–Crippen LogP) is 5.12. The molecule has 1 aliphatic rings. The first kappa shape index (κ1) is 18.5. The molecule has 26 heavy (non-hydrogen) atoms. The highest BCUT2D eigenvalue weighted by Crippen LogP contribution is 2.37. The van der Waals surface area contributed by atoms with Crippen LogP contribution in [0.3, 0.4) is 0 Å². The summed E-state index contributed by atoms with van der Waals surface area (Å²) in [5.74, 6) is 0.265. The molecule has 0 atom stereocenters. The van der Waals surface area contributed by atoms with E-state index in [2.05, 4.69) is 0 Å². The molecule has 0 spiro atoms. The first-order valence-corrected chi connectivity index (χ1v) is 8.61.